The fraction of sp³-hybridized carbons (Fsp3) is 0.364. The molecule has 0 saturated carbocycles. The summed E-state index contributed by atoms with van der Waals surface area (Å²) in [6.45, 7) is 0.681. The van der Waals surface area contributed by atoms with Crippen molar-refractivity contribution in [1.82, 2.24) is 9.88 Å². The molecule has 2 rings (SSSR count). The molecule has 5 nitrogen and oxygen atoms in total. The van der Waals surface area contributed by atoms with Crippen LogP contribution in [0.3, 0.4) is 0 Å². The number of carbonyl (C=O) groups excluding carboxylic acids is 1. The number of rotatable bonds is 2. The van der Waals surface area contributed by atoms with Crippen LogP contribution in [0.15, 0.2) is 18.3 Å². The standard InChI is InChI=1S/C11H11ClN2O3/c12-9-8(2-1-4-13-9)10(15)14-5-3-7(6-14)11(16)17/h1-2,4,7H,3,5-6H2,(H,16,17)/t7-/m0/s1. The van der Waals surface area contributed by atoms with Crippen molar-refractivity contribution in [2.75, 3.05) is 13.1 Å². The second-order valence-corrected chi connectivity index (χ2v) is 4.27. The molecule has 0 bridgehead atoms. The molecule has 17 heavy (non-hydrogen) atoms. The topological polar surface area (TPSA) is 70.5 Å². The Morgan fingerprint density at radius 1 is 1.53 bits per heavy atom. The molecule has 1 fully saturated rings. The van der Waals surface area contributed by atoms with E-state index in [0.29, 0.717) is 18.5 Å². The van der Waals surface area contributed by atoms with Crippen LogP contribution < -0.4 is 0 Å². The van der Waals surface area contributed by atoms with Crippen LogP contribution in [-0.4, -0.2) is 40.0 Å². The lowest BCUT2D eigenvalue weighted by molar-refractivity contribution is -0.141. The highest BCUT2D eigenvalue weighted by molar-refractivity contribution is 6.32. The zero-order valence-electron chi connectivity index (χ0n) is 8.97. The Hall–Kier alpha value is -1.62. The molecule has 1 aliphatic heterocycles. The number of aromatic nitrogens is 1. The smallest absolute Gasteiger partial charge is 0.308 e. The van der Waals surface area contributed by atoms with E-state index in [1.165, 1.54) is 11.1 Å². The van der Waals surface area contributed by atoms with Crippen LogP contribution in [-0.2, 0) is 4.79 Å². The van der Waals surface area contributed by atoms with Crippen molar-refractivity contribution in [3.05, 3.63) is 29.0 Å². The molecule has 1 aromatic heterocycles. The second-order valence-electron chi connectivity index (χ2n) is 3.92. The van der Waals surface area contributed by atoms with Crippen LogP contribution >= 0.6 is 11.6 Å². The number of nitrogens with zero attached hydrogens (tertiary/aromatic N) is 2. The van der Waals surface area contributed by atoms with Gasteiger partial charge in [0.1, 0.15) is 5.15 Å². The second kappa shape index (κ2) is 4.71. The summed E-state index contributed by atoms with van der Waals surface area (Å²) in [5.74, 6) is -1.60. The van der Waals surface area contributed by atoms with E-state index < -0.39 is 11.9 Å². The average Bonchev–Trinajstić information content (AvgIpc) is 2.78. The van der Waals surface area contributed by atoms with Gasteiger partial charge in [0.05, 0.1) is 11.5 Å². The maximum absolute atomic E-state index is 12.0. The number of halogens is 1. The lowest BCUT2D eigenvalue weighted by Gasteiger charge is -2.16. The third-order valence-electron chi connectivity index (χ3n) is 2.81. The molecule has 1 atom stereocenters. The van der Waals surface area contributed by atoms with Crippen molar-refractivity contribution < 1.29 is 14.7 Å². The fourth-order valence-corrected chi connectivity index (χ4v) is 2.06. The number of aliphatic carboxylic acids is 1. The first kappa shape index (κ1) is 11.9. The van der Waals surface area contributed by atoms with Gasteiger partial charge in [-0.2, -0.15) is 0 Å². The van der Waals surface area contributed by atoms with Crippen molar-refractivity contribution in [2.24, 2.45) is 5.92 Å². The van der Waals surface area contributed by atoms with Crippen molar-refractivity contribution >= 4 is 23.5 Å². The van der Waals surface area contributed by atoms with Gasteiger partial charge in [0.2, 0.25) is 0 Å². The Morgan fingerprint density at radius 2 is 2.29 bits per heavy atom. The lowest BCUT2D eigenvalue weighted by atomic mass is 10.1. The van der Waals surface area contributed by atoms with Crippen LogP contribution in [0.1, 0.15) is 16.8 Å². The van der Waals surface area contributed by atoms with Crippen molar-refractivity contribution in [3.63, 3.8) is 0 Å². The minimum atomic E-state index is -0.863. The number of carboxylic acid groups (broad SMARTS) is 1. The first-order valence-corrected chi connectivity index (χ1v) is 5.60. The van der Waals surface area contributed by atoms with Gasteiger partial charge in [-0.05, 0) is 18.6 Å². The molecule has 0 aliphatic carbocycles. The summed E-state index contributed by atoms with van der Waals surface area (Å²) in [6, 6.07) is 3.22. The van der Waals surface area contributed by atoms with Crippen LogP contribution in [0.5, 0.6) is 0 Å². The largest absolute Gasteiger partial charge is 0.481 e. The maximum Gasteiger partial charge on any atom is 0.308 e. The van der Waals surface area contributed by atoms with E-state index in [0.717, 1.165) is 0 Å². The quantitative estimate of drug-likeness (QED) is 0.807. The van der Waals surface area contributed by atoms with Crippen LogP contribution in [0, 0.1) is 5.92 Å². The van der Waals surface area contributed by atoms with E-state index in [-0.39, 0.29) is 17.6 Å². The molecule has 1 N–H and O–H groups in total. The fourth-order valence-electron chi connectivity index (χ4n) is 1.86. The van der Waals surface area contributed by atoms with Crippen molar-refractivity contribution in [1.29, 1.82) is 0 Å². The zero-order valence-corrected chi connectivity index (χ0v) is 9.72. The monoisotopic (exact) mass is 254 g/mol. The number of pyridine rings is 1. The number of carboxylic acids is 1. The number of amides is 1. The van der Waals surface area contributed by atoms with Gasteiger partial charge in [0, 0.05) is 19.3 Å². The van der Waals surface area contributed by atoms with Gasteiger partial charge in [-0.1, -0.05) is 11.6 Å². The molecule has 0 unspecified atom stereocenters. The number of likely N-dealkylation sites (tertiary alicyclic amines) is 1. The first-order chi connectivity index (χ1) is 8.09. The minimum Gasteiger partial charge on any atom is -0.481 e. The summed E-state index contributed by atoms with van der Waals surface area (Å²) >= 11 is 5.82. The summed E-state index contributed by atoms with van der Waals surface area (Å²) < 4.78 is 0. The van der Waals surface area contributed by atoms with Gasteiger partial charge >= 0.3 is 5.97 Å². The molecule has 1 amide bonds. The molecule has 6 heteroatoms. The summed E-state index contributed by atoms with van der Waals surface area (Å²) in [5, 5.41) is 9.01. The van der Waals surface area contributed by atoms with E-state index in [4.69, 9.17) is 16.7 Å². The number of carbonyl (C=O) groups is 2. The molecular weight excluding hydrogens is 244 g/mol. The number of hydrogen-bond acceptors (Lipinski definition) is 3. The van der Waals surface area contributed by atoms with Gasteiger partial charge in [-0.25, -0.2) is 4.98 Å². The molecule has 2 heterocycles. The predicted octanol–water partition coefficient (Wildman–Crippen LogP) is 1.28. The minimum absolute atomic E-state index is 0.149. The molecule has 0 spiro atoms. The van der Waals surface area contributed by atoms with Crippen LogP contribution in [0.4, 0.5) is 0 Å². The molecule has 90 valence electrons. The molecule has 0 aromatic carbocycles. The average molecular weight is 255 g/mol. The van der Waals surface area contributed by atoms with Gasteiger partial charge in [0.25, 0.3) is 5.91 Å². The van der Waals surface area contributed by atoms with Gasteiger partial charge in [0.15, 0.2) is 0 Å². The van der Waals surface area contributed by atoms with E-state index >= 15 is 0 Å². The van der Waals surface area contributed by atoms with Gasteiger partial charge < -0.3 is 10.0 Å². The summed E-state index contributed by atoms with van der Waals surface area (Å²) in [6.07, 6.45) is 1.99. The van der Waals surface area contributed by atoms with E-state index in [9.17, 15) is 9.59 Å². The molecule has 1 aromatic rings. The molecule has 0 radical (unpaired) electrons. The highest BCUT2D eigenvalue weighted by Crippen LogP contribution is 2.21. The lowest BCUT2D eigenvalue weighted by Crippen LogP contribution is -2.30. The summed E-state index contributed by atoms with van der Waals surface area (Å²) in [7, 11) is 0. The van der Waals surface area contributed by atoms with Crippen LogP contribution in [0.2, 0.25) is 5.15 Å². The SMILES string of the molecule is O=C(O)[C@H]1CCN(C(=O)c2cccnc2Cl)C1. The van der Waals surface area contributed by atoms with Crippen molar-refractivity contribution in [3.8, 4) is 0 Å². The normalized spacial score (nSPS) is 19.4. The Bertz CT molecular complexity index is 464. The van der Waals surface area contributed by atoms with Crippen LogP contribution in [0.25, 0.3) is 0 Å². The molecule has 1 saturated heterocycles. The predicted molar refractivity (Wildman–Crippen MR) is 60.9 cm³/mol. The van der Waals surface area contributed by atoms with E-state index in [1.807, 2.05) is 0 Å². The number of hydrogen-bond donors (Lipinski definition) is 1. The highest BCUT2D eigenvalue weighted by Gasteiger charge is 2.31. The summed E-state index contributed by atoms with van der Waals surface area (Å²) in [5.41, 5.74) is 0.320. The van der Waals surface area contributed by atoms with E-state index in [2.05, 4.69) is 4.98 Å². The third-order valence-corrected chi connectivity index (χ3v) is 3.12. The maximum atomic E-state index is 12.0. The summed E-state index contributed by atoms with van der Waals surface area (Å²) in [4.78, 5) is 28.2. The first-order valence-electron chi connectivity index (χ1n) is 5.22. The highest BCUT2D eigenvalue weighted by atomic mass is 35.5. The van der Waals surface area contributed by atoms with Gasteiger partial charge in [-0.15, -0.1) is 0 Å². The molecular formula is C11H11ClN2O3. The van der Waals surface area contributed by atoms with Gasteiger partial charge in [-0.3, -0.25) is 9.59 Å². The zero-order chi connectivity index (χ0) is 12.4. The Kier molecular flexibility index (Phi) is 3.28. The Balaban J connectivity index is 2.13. The van der Waals surface area contributed by atoms with Crippen molar-refractivity contribution in [2.45, 2.75) is 6.42 Å². The Morgan fingerprint density at radius 3 is 2.88 bits per heavy atom. The third kappa shape index (κ3) is 2.39. The van der Waals surface area contributed by atoms with E-state index in [1.54, 1.807) is 12.1 Å². The molecule has 1 aliphatic rings. The Labute approximate surface area is 103 Å².